The summed E-state index contributed by atoms with van der Waals surface area (Å²) in [6.45, 7) is 4.97. The van der Waals surface area contributed by atoms with Gasteiger partial charge in [0.05, 0.1) is 19.3 Å². The molecule has 1 saturated heterocycles. The van der Waals surface area contributed by atoms with E-state index >= 15 is 0 Å². The van der Waals surface area contributed by atoms with Crippen molar-refractivity contribution in [2.24, 2.45) is 11.7 Å². The molecule has 17 heavy (non-hydrogen) atoms. The number of hydrogen-bond donors (Lipinski definition) is 2. The van der Waals surface area contributed by atoms with E-state index in [1.54, 1.807) is 0 Å². The third-order valence-corrected chi connectivity index (χ3v) is 4.28. The highest BCUT2D eigenvalue weighted by atomic mass is 16.5. The molecule has 1 heterocycles. The van der Waals surface area contributed by atoms with Crippen molar-refractivity contribution in [3.05, 3.63) is 0 Å². The van der Waals surface area contributed by atoms with Crippen molar-refractivity contribution in [1.82, 2.24) is 4.90 Å². The Balaban J connectivity index is 1.87. The first-order chi connectivity index (χ1) is 8.20. The molecule has 1 aliphatic heterocycles. The summed E-state index contributed by atoms with van der Waals surface area (Å²) in [5, 5.41) is 9.18. The second-order valence-corrected chi connectivity index (χ2v) is 5.65. The highest BCUT2D eigenvalue weighted by Gasteiger charge is 2.30. The van der Waals surface area contributed by atoms with Gasteiger partial charge in [-0.1, -0.05) is 12.8 Å². The number of hydrogen-bond acceptors (Lipinski definition) is 4. The van der Waals surface area contributed by atoms with Gasteiger partial charge in [0.1, 0.15) is 0 Å². The maximum absolute atomic E-state index is 9.18. The van der Waals surface area contributed by atoms with Gasteiger partial charge in [0.25, 0.3) is 0 Å². The molecule has 2 aliphatic rings. The van der Waals surface area contributed by atoms with E-state index in [2.05, 4.69) is 11.8 Å². The average molecular weight is 242 g/mol. The molecule has 1 saturated carbocycles. The summed E-state index contributed by atoms with van der Waals surface area (Å²) >= 11 is 0. The van der Waals surface area contributed by atoms with Crippen LogP contribution in [-0.4, -0.2) is 54.5 Å². The summed E-state index contributed by atoms with van der Waals surface area (Å²) in [5.41, 5.74) is 6.20. The van der Waals surface area contributed by atoms with Crippen LogP contribution in [0.2, 0.25) is 0 Å². The zero-order chi connectivity index (χ0) is 12.3. The van der Waals surface area contributed by atoms with Crippen molar-refractivity contribution in [3.63, 3.8) is 0 Å². The van der Waals surface area contributed by atoms with E-state index in [9.17, 15) is 5.11 Å². The summed E-state index contributed by atoms with van der Waals surface area (Å²) in [7, 11) is 0. The van der Waals surface area contributed by atoms with Gasteiger partial charge in [0.2, 0.25) is 0 Å². The minimum Gasteiger partial charge on any atom is -0.394 e. The van der Waals surface area contributed by atoms with E-state index < -0.39 is 0 Å². The maximum Gasteiger partial charge on any atom is 0.0933 e. The number of nitrogens with two attached hydrogens (primary N) is 1. The number of aliphatic hydroxyl groups is 1. The molecule has 1 aliphatic carbocycles. The zero-order valence-electron chi connectivity index (χ0n) is 10.8. The normalized spacial score (nSPS) is 40.4. The first-order valence-corrected chi connectivity index (χ1v) is 6.92. The van der Waals surface area contributed by atoms with Crippen molar-refractivity contribution in [2.45, 2.75) is 50.8 Å². The highest BCUT2D eigenvalue weighted by molar-refractivity contribution is 4.84. The van der Waals surface area contributed by atoms with Gasteiger partial charge in [-0.05, 0) is 25.7 Å². The predicted octanol–water partition coefficient (Wildman–Crippen LogP) is 0.586. The number of aliphatic hydroxyl groups excluding tert-OH is 1. The Morgan fingerprint density at radius 1 is 1.35 bits per heavy atom. The second-order valence-electron chi connectivity index (χ2n) is 5.65. The summed E-state index contributed by atoms with van der Waals surface area (Å²) in [4.78, 5) is 2.44. The minimum atomic E-state index is -0.00832. The summed E-state index contributed by atoms with van der Waals surface area (Å²) in [6, 6.07) is 0.818. The lowest BCUT2D eigenvalue weighted by Gasteiger charge is -2.41. The Morgan fingerprint density at radius 2 is 2.12 bits per heavy atom. The van der Waals surface area contributed by atoms with E-state index in [0.29, 0.717) is 18.0 Å². The zero-order valence-corrected chi connectivity index (χ0v) is 10.8. The van der Waals surface area contributed by atoms with Crippen LogP contribution in [0.4, 0.5) is 0 Å². The van der Waals surface area contributed by atoms with Gasteiger partial charge in [-0.25, -0.2) is 0 Å². The number of ether oxygens (including phenoxy) is 1. The molecule has 4 atom stereocenters. The summed E-state index contributed by atoms with van der Waals surface area (Å²) in [6.07, 6.45) is 5.03. The molecule has 100 valence electrons. The summed E-state index contributed by atoms with van der Waals surface area (Å²) < 4.78 is 5.56. The lowest BCUT2D eigenvalue weighted by atomic mass is 9.84. The number of nitrogens with zero attached hydrogens (tertiary/aromatic N) is 1. The van der Waals surface area contributed by atoms with Gasteiger partial charge in [-0.3, -0.25) is 4.90 Å². The van der Waals surface area contributed by atoms with E-state index in [1.807, 2.05) is 0 Å². The topological polar surface area (TPSA) is 58.7 Å². The lowest BCUT2D eigenvalue weighted by Crippen LogP contribution is -2.53. The fourth-order valence-electron chi connectivity index (χ4n) is 3.00. The first-order valence-electron chi connectivity index (χ1n) is 6.92. The van der Waals surface area contributed by atoms with Gasteiger partial charge in [-0.2, -0.15) is 0 Å². The SMILES string of the molecule is CC1COC(CO)CN1CC1CCCCC1N. The van der Waals surface area contributed by atoms with Crippen LogP contribution in [0.5, 0.6) is 0 Å². The molecule has 0 aromatic carbocycles. The Labute approximate surface area is 104 Å². The van der Waals surface area contributed by atoms with Crippen LogP contribution in [0.1, 0.15) is 32.6 Å². The second kappa shape index (κ2) is 6.14. The van der Waals surface area contributed by atoms with Crippen molar-refractivity contribution in [2.75, 3.05) is 26.3 Å². The molecule has 0 amide bonds. The first kappa shape index (κ1) is 13.3. The molecule has 4 heteroatoms. The van der Waals surface area contributed by atoms with Crippen LogP contribution in [0, 0.1) is 5.92 Å². The van der Waals surface area contributed by atoms with Crippen molar-refractivity contribution in [3.8, 4) is 0 Å². The van der Waals surface area contributed by atoms with Crippen LogP contribution in [0.15, 0.2) is 0 Å². The standard InChI is InChI=1S/C13H26N2O2/c1-10-9-17-12(8-16)7-15(10)6-11-4-2-3-5-13(11)14/h10-13,16H,2-9,14H2,1H3. The molecule has 0 radical (unpaired) electrons. The number of morpholine rings is 1. The molecule has 0 spiro atoms. The lowest BCUT2D eigenvalue weighted by molar-refractivity contribution is -0.0831. The molecular weight excluding hydrogens is 216 g/mol. The molecule has 0 aromatic rings. The van der Waals surface area contributed by atoms with Crippen molar-refractivity contribution >= 4 is 0 Å². The third kappa shape index (κ3) is 3.41. The fraction of sp³-hybridized carbons (Fsp3) is 1.00. The van der Waals surface area contributed by atoms with Crippen LogP contribution >= 0.6 is 0 Å². The van der Waals surface area contributed by atoms with Crippen molar-refractivity contribution < 1.29 is 9.84 Å². The molecule has 2 fully saturated rings. The monoisotopic (exact) mass is 242 g/mol. The van der Waals surface area contributed by atoms with Gasteiger partial charge in [-0.15, -0.1) is 0 Å². The van der Waals surface area contributed by atoms with Crippen LogP contribution in [0.3, 0.4) is 0 Å². The van der Waals surface area contributed by atoms with Gasteiger partial charge in [0.15, 0.2) is 0 Å². The van der Waals surface area contributed by atoms with E-state index in [-0.39, 0.29) is 12.7 Å². The van der Waals surface area contributed by atoms with E-state index in [0.717, 1.165) is 19.7 Å². The molecule has 4 nitrogen and oxygen atoms in total. The van der Waals surface area contributed by atoms with E-state index in [4.69, 9.17) is 10.5 Å². The molecular formula is C13H26N2O2. The van der Waals surface area contributed by atoms with Crippen LogP contribution < -0.4 is 5.73 Å². The number of rotatable bonds is 3. The average Bonchev–Trinajstić information content (AvgIpc) is 2.35. The Hall–Kier alpha value is -0.160. The van der Waals surface area contributed by atoms with Crippen LogP contribution in [-0.2, 0) is 4.74 Å². The van der Waals surface area contributed by atoms with Gasteiger partial charge < -0.3 is 15.6 Å². The van der Waals surface area contributed by atoms with Crippen LogP contribution in [0.25, 0.3) is 0 Å². The Morgan fingerprint density at radius 3 is 2.82 bits per heavy atom. The van der Waals surface area contributed by atoms with Gasteiger partial charge in [0, 0.05) is 25.2 Å². The predicted molar refractivity (Wildman–Crippen MR) is 67.8 cm³/mol. The van der Waals surface area contributed by atoms with E-state index in [1.165, 1.54) is 25.7 Å². The maximum atomic E-state index is 9.18. The highest BCUT2D eigenvalue weighted by Crippen LogP contribution is 2.25. The minimum absolute atomic E-state index is 0.00832. The molecule has 4 unspecified atom stereocenters. The molecule has 0 bridgehead atoms. The third-order valence-electron chi connectivity index (χ3n) is 4.28. The molecule has 2 rings (SSSR count). The van der Waals surface area contributed by atoms with Gasteiger partial charge >= 0.3 is 0 Å². The molecule has 3 N–H and O–H groups in total. The summed E-state index contributed by atoms with van der Waals surface area (Å²) in [5.74, 6) is 0.628. The largest absolute Gasteiger partial charge is 0.394 e. The Bertz CT molecular complexity index is 237. The molecule has 0 aromatic heterocycles. The Kier molecular flexibility index (Phi) is 4.79. The smallest absolute Gasteiger partial charge is 0.0933 e. The van der Waals surface area contributed by atoms with Crippen molar-refractivity contribution in [1.29, 1.82) is 0 Å². The fourth-order valence-corrected chi connectivity index (χ4v) is 3.00. The quantitative estimate of drug-likeness (QED) is 0.760.